The summed E-state index contributed by atoms with van der Waals surface area (Å²) in [5, 5.41) is 7.41. The van der Waals surface area contributed by atoms with Crippen LogP contribution in [-0.2, 0) is 0 Å². The largest absolute Gasteiger partial charge is 0.314 e. The monoisotopic (exact) mass is 252 g/mol. The van der Waals surface area contributed by atoms with Crippen LogP contribution in [0.5, 0.6) is 0 Å². The summed E-state index contributed by atoms with van der Waals surface area (Å²) in [6.07, 6.45) is 12.2. The van der Waals surface area contributed by atoms with E-state index in [9.17, 15) is 0 Å². The van der Waals surface area contributed by atoms with Gasteiger partial charge in [0.05, 0.1) is 5.75 Å². The summed E-state index contributed by atoms with van der Waals surface area (Å²) < 4.78 is 0. The molecule has 1 aliphatic heterocycles. The van der Waals surface area contributed by atoms with Crippen LogP contribution in [0.25, 0.3) is 0 Å². The third-order valence-electron chi connectivity index (χ3n) is 4.02. The summed E-state index contributed by atoms with van der Waals surface area (Å²) in [4.78, 5) is 0. The topological polar surface area (TPSA) is 24.1 Å². The molecule has 17 heavy (non-hydrogen) atoms. The van der Waals surface area contributed by atoms with Crippen LogP contribution < -0.4 is 10.6 Å². The van der Waals surface area contributed by atoms with E-state index in [0.717, 1.165) is 36.1 Å². The van der Waals surface area contributed by atoms with Crippen molar-refractivity contribution >= 4 is 11.8 Å². The van der Waals surface area contributed by atoms with Crippen molar-refractivity contribution in [2.24, 2.45) is 5.92 Å². The first-order valence-electron chi connectivity index (χ1n) is 6.90. The zero-order valence-electron chi connectivity index (χ0n) is 10.6. The number of terminal acetylenes is 1. The maximum atomic E-state index is 5.24. The first kappa shape index (κ1) is 13.3. The Hall–Kier alpha value is -0.170. The van der Waals surface area contributed by atoms with Crippen LogP contribution in [0.4, 0.5) is 0 Å². The van der Waals surface area contributed by atoms with E-state index in [4.69, 9.17) is 6.42 Å². The molecule has 2 N–H and O–H groups in total. The molecule has 3 atom stereocenters. The molecule has 0 aromatic heterocycles. The van der Waals surface area contributed by atoms with Crippen molar-refractivity contribution in [1.82, 2.24) is 10.6 Å². The minimum atomic E-state index is 0.747. The van der Waals surface area contributed by atoms with Gasteiger partial charge in [0.25, 0.3) is 0 Å². The molecular weight excluding hydrogens is 228 g/mol. The van der Waals surface area contributed by atoms with Gasteiger partial charge in [-0.05, 0) is 38.1 Å². The molecule has 1 saturated heterocycles. The van der Waals surface area contributed by atoms with Crippen molar-refractivity contribution in [3.05, 3.63) is 0 Å². The van der Waals surface area contributed by atoms with Crippen LogP contribution in [0.2, 0.25) is 0 Å². The van der Waals surface area contributed by atoms with Crippen LogP contribution in [0.15, 0.2) is 0 Å². The standard InChI is InChI=1S/C14H24N2S/c1-2-10-17-11-9-16-13-6-3-5-12(13)14-7-4-8-15-14/h1,12-16H,3-11H2. The molecule has 0 amide bonds. The van der Waals surface area contributed by atoms with Crippen molar-refractivity contribution in [2.75, 3.05) is 24.6 Å². The minimum absolute atomic E-state index is 0.747. The van der Waals surface area contributed by atoms with Crippen LogP contribution >= 0.6 is 11.8 Å². The SMILES string of the molecule is C#CCSCCNC1CCCC1C1CCCN1. The Bertz CT molecular complexity index is 255. The van der Waals surface area contributed by atoms with Crippen LogP contribution in [0.3, 0.4) is 0 Å². The van der Waals surface area contributed by atoms with Gasteiger partial charge >= 0.3 is 0 Å². The van der Waals surface area contributed by atoms with E-state index >= 15 is 0 Å². The predicted molar refractivity (Wildman–Crippen MR) is 76.3 cm³/mol. The molecule has 96 valence electrons. The van der Waals surface area contributed by atoms with Gasteiger partial charge in [-0.15, -0.1) is 18.2 Å². The molecule has 0 bridgehead atoms. The fourth-order valence-electron chi connectivity index (χ4n) is 3.25. The zero-order valence-corrected chi connectivity index (χ0v) is 11.4. The van der Waals surface area contributed by atoms with Crippen molar-refractivity contribution in [1.29, 1.82) is 0 Å². The number of hydrogen-bond acceptors (Lipinski definition) is 3. The van der Waals surface area contributed by atoms with Gasteiger partial charge in [0.2, 0.25) is 0 Å². The summed E-state index contributed by atoms with van der Waals surface area (Å²) in [5.41, 5.74) is 0. The van der Waals surface area contributed by atoms with E-state index < -0.39 is 0 Å². The van der Waals surface area contributed by atoms with Crippen LogP contribution in [0, 0.1) is 18.3 Å². The Morgan fingerprint density at radius 3 is 3.00 bits per heavy atom. The fraction of sp³-hybridized carbons (Fsp3) is 0.857. The second-order valence-electron chi connectivity index (χ2n) is 5.11. The third kappa shape index (κ3) is 3.91. The van der Waals surface area contributed by atoms with E-state index in [1.807, 2.05) is 11.8 Å². The number of rotatable bonds is 6. The Balaban J connectivity index is 1.66. The third-order valence-corrected chi connectivity index (χ3v) is 4.89. The molecule has 3 unspecified atom stereocenters. The number of nitrogens with one attached hydrogen (secondary N) is 2. The summed E-state index contributed by atoms with van der Waals surface area (Å²) in [6.45, 7) is 2.34. The first-order valence-corrected chi connectivity index (χ1v) is 8.05. The van der Waals surface area contributed by atoms with Gasteiger partial charge in [-0.3, -0.25) is 0 Å². The van der Waals surface area contributed by atoms with E-state index in [1.54, 1.807) is 0 Å². The second kappa shape index (κ2) is 7.31. The highest BCUT2D eigenvalue weighted by molar-refractivity contribution is 7.99. The molecule has 2 rings (SSSR count). The van der Waals surface area contributed by atoms with Crippen LogP contribution in [-0.4, -0.2) is 36.7 Å². The second-order valence-corrected chi connectivity index (χ2v) is 6.22. The van der Waals surface area contributed by atoms with Crippen molar-refractivity contribution in [2.45, 2.75) is 44.2 Å². The van der Waals surface area contributed by atoms with Gasteiger partial charge in [-0.25, -0.2) is 0 Å². The van der Waals surface area contributed by atoms with Gasteiger partial charge in [-0.2, -0.15) is 0 Å². The Labute approximate surface area is 110 Å². The van der Waals surface area contributed by atoms with Gasteiger partial charge < -0.3 is 10.6 Å². The lowest BCUT2D eigenvalue weighted by atomic mass is 9.93. The van der Waals surface area contributed by atoms with Crippen LogP contribution in [0.1, 0.15) is 32.1 Å². The van der Waals surface area contributed by atoms with E-state index in [0.29, 0.717) is 0 Å². The molecule has 0 spiro atoms. The lowest BCUT2D eigenvalue weighted by Gasteiger charge is -2.26. The first-order chi connectivity index (χ1) is 8.42. The molecule has 0 aromatic carbocycles. The van der Waals surface area contributed by atoms with Crippen molar-refractivity contribution < 1.29 is 0 Å². The molecule has 0 radical (unpaired) electrons. The zero-order chi connectivity index (χ0) is 11.9. The lowest BCUT2D eigenvalue weighted by Crippen LogP contribution is -2.42. The molecule has 2 aliphatic rings. The van der Waals surface area contributed by atoms with Gasteiger partial charge in [0, 0.05) is 24.4 Å². The molecule has 2 fully saturated rings. The average Bonchev–Trinajstić information content (AvgIpc) is 2.98. The molecule has 1 heterocycles. The molecule has 2 nitrogen and oxygen atoms in total. The predicted octanol–water partition coefficient (Wildman–Crippen LogP) is 1.86. The fourth-order valence-corrected chi connectivity index (χ4v) is 3.77. The Morgan fingerprint density at radius 1 is 1.29 bits per heavy atom. The maximum Gasteiger partial charge on any atom is 0.0545 e. The number of hydrogen-bond donors (Lipinski definition) is 2. The molecule has 1 saturated carbocycles. The Morgan fingerprint density at radius 2 is 2.24 bits per heavy atom. The smallest absolute Gasteiger partial charge is 0.0545 e. The number of thioether (sulfide) groups is 1. The van der Waals surface area contributed by atoms with E-state index in [2.05, 4.69) is 16.6 Å². The van der Waals surface area contributed by atoms with Gasteiger partial charge in [0.1, 0.15) is 0 Å². The summed E-state index contributed by atoms with van der Waals surface area (Å²) in [6, 6.07) is 1.53. The summed E-state index contributed by atoms with van der Waals surface area (Å²) in [7, 11) is 0. The van der Waals surface area contributed by atoms with Crippen molar-refractivity contribution in [3.63, 3.8) is 0 Å². The van der Waals surface area contributed by atoms with Gasteiger partial charge in [-0.1, -0.05) is 12.3 Å². The highest BCUT2D eigenvalue weighted by Gasteiger charge is 2.34. The average molecular weight is 252 g/mol. The van der Waals surface area contributed by atoms with E-state index in [1.165, 1.54) is 38.6 Å². The molecule has 1 aliphatic carbocycles. The lowest BCUT2D eigenvalue weighted by molar-refractivity contribution is 0.325. The summed E-state index contributed by atoms with van der Waals surface area (Å²) >= 11 is 1.86. The quantitative estimate of drug-likeness (QED) is 0.557. The Kier molecular flexibility index (Phi) is 5.70. The van der Waals surface area contributed by atoms with Crippen molar-refractivity contribution in [3.8, 4) is 12.3 Å². The van der Waals surface area contributed by atoms with E-state index in [-0.39, 0.29) is 0 Å². The highest BCUT2D eigenvalue weighted by atomic mass is 32.2. The maximum absolute atomic E-state index is 5.24. The van der Waals surface area contributed by atoms with Gasteiger partial charge in [0.15, 0.2) is 0 Å². The highest BCUT2D eigenvalue weighted by Crippen LogP contribution is 2.31. The molecular formula is C14H24N2S. The minimum Gasteiger partial charge on any atom is -0.314 e. The molecule has 0 aromatic rings. The summed E-state index contributed by atoms with van der Waals surface area (Å²) in [5.74, 6) is 5.54. The normalized spacial score (nSPS) is 32.8. The molecule has 3 heteroatoms.